The Morgan fingerprint density at radius 2 is 2.00 bits per heavy atom. The summed E-state index contributed by atoms with van der Waals surface area (Å²) in [5.41, 5.74) is 2.63. The number of aryl methyl sites for hydroxylation is 1. The van der Waals surface area contributed by atoms with Crippen LogP contribution in [0.3, 0.4) is 0 Å². The van der Waals surface area contributed by atoms with Gasteiger partial charge in [0.15, 0.2) is 0 Å². The Kier molecular flexibility index (Phi) is 4.74. The van der Waals surface area contributed by atoms with Crippen LogP contribution in [-0.4, -0.2) is 10.9 Å². The van der Waals surface area contributed by atoms with E-state index in [-0.39, 0.29) is 11.9 Å². The summed E-state index contributed by atoms with van der Waals surface area (Å²) in [6.07, 6.45) is 2.35. The maximum Gasteiger partial charge on any atom is 0.270 e. The summed E-state index contributed by atoms with van der Waals surface area (Å²) in [4.78, 5) is 16.2. The van der Waals surface area contributed by atoms with Crippen LogP contribution >= 0.6 is 11.6 Å². The van der Waals surface area contributed by atoms with Crippen molar-refractivity contribution in [2.75, 3.05) is 0 Å². The summed E-state index contributed by atoms with van der Waals surface area (Å²) < 4.78 is 0. The van der Waals surface area contributed by atoms with E-state index in [1.165, 1.54) is 11.8 Å². The molecule has 0 fully saturated rings. The largest absolute Gasteiger partial charge is 0.344 e. The molecule has 1 aromatic carbocycles. The molecule has 2 aromatic rings. The van der Waals surface area contributed by atoms with Crippen LogP contribution in [0.15, 0.2) is 42.6 Å². The highest BCUT2D eigenvalue weighted by Crippen LogP contribution is 2.18. The molecule has 1 aromatic heterocycles. The number of carbonyl (C=O) groups is 1. The second-order valence-corrected chi connectivity index (χ2v) is 5.14. The first-order valence-corrected chi connectivity index (χ1v) is 6.97. The molecule has 1 atom stereocenters. The maximum absolute atomic E-state index is 12.2. The summed E-state index contributed by atoms with van der Waals surface area (Å²) in [7, 11) is 0. The maximum atomic E-state index is 12.2. The standard InChI is InChI=1S/C16H17ClN2O/c1-3-14(12-6-4-11(2)5-7-12)19-16(20)15-10-13(17)8-9-18-15/h4-10,14H,3H2,1-2H3,(H,19,20). The zero-order chi connectivity index (χ0) is 14.5. The lowest BCUT2D eigenvalue weighted by atomic mass is 10.0. The summed E-state index contributed by atoms with van der Waals surface area (Å²) in [5, 5.41) is 3.49. The fourth-order valence-electron chi connectivity index (χ4n) is 1.98. The fourth-order valence-corrected chi connectivity index (χ4v) is 2.14. The molecule has 1 N–H and O–H groups in total. The van der Waals surface area contributed by atoms with E-state index in [0.29, 0.717) is 10.7 Å². The molecule has 0 aliphatic carbocycles. The van der Waals surface area contributed by atoms with Crippen LogP contribution in [0, 0.1) is 6.92 Å². The minimum absolute atomic E-state index is 0.0242. The molecule has 0 spiro atoms. The molecule has 1 unspecified atom stereocenters. The van der Waals surface area contributed by atoms with Gasteiger partial charge in [0.2, 0.25) is 0 Å². The number of aromatic nitrogens is 1. The summed E-state index contributed by atoms with van der Waals surface area (Å²) in [6, 6.07) is 11.4. The smallest absolute Gasteiger partial charge is 0.270 e. The quantitative estimate of drug-likeness (QED) is 0.926. The highest BCUT2D eigenvalue weighted by Gasteiger charge is 2.15. The van der Waals surface area contributed by atoms with E-state index in [0.717, 1.165) is 12.0 Å². The van der Waals surface area contributed by atoms with Gasteiger partial charge in [-0.3, -0.25) is 9.78 Å². The van der Waals surface area contributed by atoms with Gasteiger partial charge in [-0.05, 0) is 31.0 Å². The molecule has 4 heteroatoms. The molecular weight excluding hydrogens is 272 g/mol. The normalized spacial score (nSPS) is 11.9. The molecular formula is C16H17ClN2O. The van der Waals surface area contributed by atoms with Crippen molar-refractivity contribution in [1.82, 2.24) is 10.3 Å². The second kappa shape index (κ2) is 6.53. The van der Waals surface area contributed by atoms with Crippen molar-refractivity contribution >= 4 is 17.5 Å². The molecule has 1 heterocycles. The Bertz CT molecular complexity index is 596. The number of benzene rings is 1. The molecule has 0 bridgehead atoms. The van der Waals surface area contributed by atoms with Crippen LogP contribution in [0.1, 0.15) is 41.0 Å². The van der Waals surface area contributed by atoms with E-state index in [1.807, 2.05) is 38.1 Å². The predicted octanol–water partition coefficient (Wildman–Crippen LogP) is 3.92. The van der Waals surface area contributed by atoms with Crippen LogP contribution in [0.2, 0.25) is 5.02 Å². The van der Waals surface area contributed by atoms with Crippen molar-refractivity contribution in [2.45, 2.75) is 26.3 Å². The number of hydrogen-bond donors (Lipinski definition) is 1. The van der Waals surface area contributed by atoms with Crippen molar-refractivity contribution in [3.05, 3.63) is 64.4 Å². The summed E-state index contributed by atoms with van der Waals surface area (Å²) >= 11 is 5.87. The molecule has 1 amide bonds. The average molecular weight is 289 g/mol. The Morgan fingerprint density at radius 3 is 2.60 bits per heavy atom. The zero-order valence-corrected chi connectivity index (χ0v) is 12.3. The number of carbonyl (C=O) groups excluding carboxylic acids is 1. The fraction of sp³-hybridized carbons (Fsp3) is 0.250. The van der Waals surface area contributed by atoms with Crippen LogP contribution in [0.25, 0.3) is 0 Å². The van der Waals surface area contributed by atoms with Gasteiger partial charge in [-0.1, -0.05) is 48.4 Å². The van der Waals surface area contributed by atoms with Crippen molar-refractivity contribution in [3.8, 4) is 0 Å². The first-order valence-electron chi connectivity index (χ1n) is 6.59. The summed E-state index contributed by atoms with van der Waals surface area (Å²) in [6.45, 7) is 4.08. The SMILES string of the molecule is CCC(NC(=O)c1cc(Cl)ccn1)c1ccc(C)cc1. The molecule has 0 saturated heterocycles. The molecule has 0 aliphatic heterocycles. The molecule has 104 valence electrons. The van der Waals surface area contributed by atoms with Crippen molar-refractivity contribution in [1.29, 1.82) is 0 Å². The Balaban J connectivity index is 2.14. The monoisotopic (exact) mass is 288 g/mol. The summed E-state index contributed by atoms with van der Waals surface area (Å²) in [5.74, 6) is -0.208. The van der Waals surface area contributed by atoms with E-state index in [1.54, 1.807) is 12.1 Å². The first-order chi connectivity index (χ1) is 9.60. The molecule has 3 nitrogen and oxygen atoms in total. The number of rotatable bonds is 4. The molecule has 0 saturated carbocycles. The molecule has 20 heavy (non-hydrogen) atoms. The topological polar surface area (TPSA) is 42.0 Å². The highest BCUT2D eigenvalue weighted by molar-refractivity contribution is 6.30. The van der Waals surface area contributed by atoms with Crippen molar-refractivity contribution in [3.63, 3.8) is 0 Å². The third kappa shape index (κ3) is 3.58. The Labute approximate surface area is 124 Å². The van der Waals surface area contributed by atoms with Crippen LogP contribution in [0.4, 0.5) is 0 Å². The average Bonchev–Trinajstić information content (AvgIpc) is 2.45. The third-order valence-electron chi connectivity index (χ3n) is 3.15. The van der Waals surface area contributed by atoms with Gasteiger partial charge in [0, 0.05) is 11.2 Å². The van der Waals surface area contributed by atoms with Gasteiger partial charge in [0.1, 0.15) is 5.69 Å². The van der Waals surface area contributed by atoms with Gasteiger partial charge < -0.3 is 5.32 Å². The molecule has 2 rings (SSSR count). The predicted molar refractivity (Wildman–Crippen MR) is 80.9 cm³/mol. The number of pyridine rings is 1. The Hall–Kier alpha value is -1.87. The van der Waals surface area contributed by atoms with Gasteiger partial charge in [-0.2, -0.15) is 0 Å². The van der Waals surface area contributed by atoms with Crippen molar-refractivity contribution < 1.29 is 4.79 Å². The van der Waals surface area contributed by atoms with Crippen LogP contribution in [0.5, 0.6) is 0 Å². The van der Waals surface area contributed by atoms with E-state index in [9.17, 15) is 4.79 Å². The van der Waals surface area contributed by atoms with Gasteiger partial charge in [-0.25, -0.2) is 0 Å². The number of amides is 1. The number of nitrogens with one attached hydrogen (secondary N) is 1. The third-order valence-corrected chi connectivity index (χ3v) is 3.38. The lowest BCUT2D eigenvalue weighted by molar-refractivity contribution is 0.0930. The van der Waals surface area contributed by atoms with Crippen LogP contribution in [-0.2, 0) is 0 Å². The minimum atomic E-state index is -0.208. The number of nitrogens with zero attached hydrogens (tertiary/aromatic N) is 1. The van der Waals surface area contributed by atoms with E-state index in [2.05, 4.69) is 10.3 Å². The van der Waals surface area contributed by atoms with E-state index >= 15 is 0 Å². The van der Waals surface area contributed by atoms with E-state index < -0.39 is 0 Å². The second-order valence-electron chi connectivity index (χ2n) is 4.70. The van der Waals surface area contributed by atoms with Crippen LogP contribution < -0.4 is 5.32 Å². The number of hydrogen-bond acceptors (Lipinski definition) is 2. The van der Waals surface area contributed by atoms with Gasteiger partial charge in [0.25, 0.3) is 5.91 Å². The molecule has 0 aliphatic rings. The number of halogens is 1. The zero-order valence-electron chi connectivity index (χ0n) is 11.6. The Morgan fingerprint density at radius 1 is 1.30 bits per heavy atom. The first kappa shape index (κ1) is 14.5. The highest BCUT2D eigenvalue weighted by atomic mass is 35.5. The lowest BCUT2D eigenvalue weighted by Gasteiger charge is -2.17. The van der Waals surface area contributed by atoms with Gasteiger partial charge >= 0.3 is 0 Å². The van der Waals surface area contributed by atoms with Gasteiger partial charge in [0.05, 0.1) is 6.04 Å². The minimum Gasteiger partial charge on any atom is -0.344 e. The van der Waals surface area contributed by atoms with Crippen molar-refractivity contribution in [2.24, 2.45) is 0 Å². The van der Waals surface area contributed by atoms with Gasteiger partial charge in [-0.15, -0.1) is 0 Å². The lowest BCUT2D eigenvalue weighted by Crippen LogP contribution is -2.28. The van der Waals surface area contributed by atoms with E-state index in [4.69, 9.17) is 11.6 Å². The molecule has 0 radical (unpaired) electrons.